The van der Waals surface area contributed by atoms with Crippen LogP contribution in [0.3, 0.4) is 0 Å². The van der Waals surface area contributed by atoms with Gasteiger partial charge >= 0.3 is 0 Å². The van der Waals surface area contributed by atoms with Crippen molar-refractivity contribution in [2.75, 3.05) is 11.9 Å². The van der Waals surface area contributed by atoms with Crippen molar-refractivity contribution in [1.29, 1.82) is 0 Å². The fourth-order valence-electron chi connectivity index (χ4n) is 1.74. The van der Waals surface area contributed by atoms with Gasteiger partial charge in [0.25, 0.3) is 5.91 Å². The lowest BCUT2D eigenvalue weighted by molar-refractivity contribution is 0.0997. The van der Waals surface area contributed by atoms with Gasteiger partial charge in [-0.25, -0.2) is 0 Å². The van der Waals surface area contributed by atoms with Crippen LogP contribution in [0.2, 0.25) is 0 Å². The zero-order valence-electron chi connectivity index (χ0n) is 10.6. The standard InChI is InChI=1S/C13H12BrN3O2S/c1-17(13(18)10-6-7-11(14)20-10)9-5-3-2-4-8(9)12(15)16-19/h2-7,19H,1H3,(H2,15,16). The van der Waals surface area contributed by atoms with Gasteiger partial charge < -0.3 is 15.8 Å². The molecule has 1 aromatic carbocycles. The number of carbonyl (C=O) groups excluding carboxylic acids is 1. The number of nitrogens with zero attached hydrogens (tertiary/aromatic N) is 2. The Morgan fingerprint density at radius 3 is 2.65 bits per heavy atom. The van der Waals surface area contributed by atoms with Gasteiger partial charge in [-0.3, -0.25) is 4.79 Å². The summed E-state index contributed by atoms with van der Waals surface area (Å²) in [5.74, 6) is -0.188. The first-order valence-electron chi connectivity index (χ1n) is 5.65. The molecule has 0 radical (unpaired) electrons. The lowest BCUT2D eigenvalue weighted by atomic mass is 10.1. The second-order valence-corrected chi connectivity index (χ2v) is 6.43. The van der Waals surface area contributed by atoms with Crippen LogP contribution in [0.5, 0.6) is 0 Å². The molecule has 1 heterocycles. The largest absolute Gasteiger partial charge is 0.409 e. The number of amidine groups is 1. The average molecular weight is 354 g/mol. The first kappa shape index (κ1) is 14.5. The summed E-state index contributed by atoms with van der Waals surface area (Å²) in [7, 11) is 1.65. The van der Waals surface area contributed by atoms with E-state index in [0.29, 0.717) is 16.1 Å². The zero-order valence-corrected chi connectivity index (χ0v) is 13.0. The molecule has 1 aromatic heterocycles. The summed E-state index contributed by atoms with van der Waals surface area (Å²) >= 11 is 4.68. The Morgan fingerprint density at radius 1 is 1.35 bits per heavy atom. The van der Waals surface area contributed by atoms with Crippen molar-refractivity contribution >= 4 is 44.7 Å². The van der Waals surface area contributed by atoms with Crippen LogP contribution in [-0.2, 0) is 0 Å². The van der Waals surface area contributed by atoms with Gasteiger partial charge in [0.1, 0.15) is 0 Å². The minimum Gasteiger partial charge on any atom is -0.409 e. The highest BCUT2D eigenvalue weighted by Crippen LogP contribution is 2.26. The van der Waals surface area contributed by atoms with Gasteiger partial charge in [-0.05, 0) is 40.2 Å². The summed E-state index contributed by atoms with van der Waals surface area (Å²) in [5.41, 5.74) is 6.72. The number of rotatable bonds is 3. The van der Waals surface area contributed by atoms with E-state index < -0.39 is 0 Å². The molecule has 0 spiro atoms. The summed E-state index contributed by atoms with van der Waals surface area (Å²) in [6, 6.07) is 10.6. The predicted molar refractivity (Wildman–Crippen MR) is 83.7 cm³/mol. The van der Waals surface area contributed by atoms with Crippen LogP contribution in [0.1, 0.15) is 15.2 Å². The third kappa shape index (κ3) is 2.83. The number of halogens is 1. The number of hydrogen-bond donors (Lipinski definition) is 2. The van der Waals surface area contributed by atoms with E-state index in [1.165, 1.54) is 16.2 Å². The van der Waals surface area contributed by atoms with Gasteiger partial charge in [-0.15, -0.1) is 11.3 Å². The van der Waals surface area contributed by atoms with E-state index in [1.54, 1.807) is 37.4 Å². The fourth-order valence-corrected chi connectivity index (χ4v) is 3.10. The number of hydrogen-bond acceptors (Lipinski definition) is 4. The highest BCUT2D eigenvalue weighted by atomic mass is 79.9. The van der Waals surface area contributed by atoms with Crippen molar-refractivity contribution in [1.82, 2.24) is 0 Å². The van der Waals surface area contributed by atoms with E-state index in [0.717, 1.165) is 3.79 Å². The van der Waals surface area contributed by atoms with Gasteiger partial charge in [-0.1, -0.05) is 17.3 Å². The molecule has 1 amide bonds. The second-order valence-electron chi connectivity index (χ2n) is 3.97. The molecule has 0 aliphatic carbocycles. The molecule has 3 N–H and O–H groups in total. The number of thiophene rings is 1. The van der Waals surface area contributed by atoms with Crippen molar-refractivity contribution in [2.45, 2.75) is 0 Å². The van der Waals surface area contributed by atoms with E-state index in [9.17, 15) is 4.79 Å². The highest BCUT2D eigenvalue weighted by Gasteiger charge is 2.19. The lowest BCUT2D eigenvalue weighted by Crippen LogP contribution is -2.28. The number of anilines is 1. The van der Waals surface area contributed by atoms with Crippen molar-refractivity contribution in [3.8, 4) is 0 Å². The Kier molecular flexibility index (Phi) is 4.41. The van der Waals surface area contributed by atoms with Crippen LogP contribution >= 0.6 is 27.3 Å². The van der Waals surface area contributed by atoms with Crippen LogP contribution in [0.4, 0.5) is 5.69 Å². The molecule has 0 saturated heterocycles. The summed E-state index contributed by atoms with van der Waals surface area (Å²) in [4.78, 5) is 14.5. The average Bonchev–Trinajstić information content (AvgIpc) is 2.91. The summed E-state index contributed by atoms with van der Waals surface area (Å²) in [6.07, 6.45) is 0. The van der Waals surface area contributed by atoms with Gasteiger partial charge in [0.2, 0.25) is 0 Å². The van der Waals surface area contributed by atoms with Crippen molar-refractivity contribution in [3.05, 3.63) is 50.6 Å². The van der Waals surface area contributed by atoms with Gasteiger partial charge in [0.15, 0.2) is 5.84 Å². The first-order chi connectivity index (χ1) is 9.54. The molecule has 0 atom stereocenters. The van der Waals surface area contributed by atoms with E-state index in [1.807, 2.05) is 6.07 Å². The molecule has 0 fully saturated rings. The number of carbonyl (C=O) groups is 1. The number of benzene rings is 1. The first-order valence-corrected chi connectivity index (χ1v) is 7.26. The minimum absolute atomic E-state index is 0.0346. The molecular weight excluding hydrogens is 342 g/mol. The van der Waals surface area contributed by atoms with E-state index in [2.05, 4.69) is 21.1 Å². The minimum atomic E-state index is -0.154. The molecule has 2 aromatic rings. The Bertz CT molecular complexity index is 669. The molecule has 2 rings (SSSR count). The summed E-state index contributed by atoms with van der Waals surface area (Å²) in [5, 5.41) is 11.8. The van der Waals surface area contributed by atoms with Crippen LogP contribution < -0.4 is 10.6 Å². The zero-order chi connectivity index (χ0) is 14.7. The van der Waals surface area contributed by atoms with Gasteiger partial charge in [0, 0.05) is 12.6 Å². The van der Waals surface area contributed by atoms with Crippen molar-refractivity contribution in [3.63, 3.8) is 0 Å². The Hall–Kier alpha value is -1.86. The Morgan fingerprint density at radius 2 is 2.05 bits per heavy atom. The molecular formula is C13H12BrN3O2S. The molecule has 0 aliphatic heterocycles. The van der Waals surface area contributed by atoms with E-state index in [-0.39, 0.29) is 11.7 Å². The van der Waals surface area contributed by atoms with Crippen LogP contribution in [0.25, 0.3) is 0 Å². The number of para-hydroxylation sites is 1. The maximum absolute atomic E-state index is 12.4. The topological polar surface area (TPSA) is 78.9 Å². The molecule has 0 bridgehead atoms. The normalized spacial score (nSPS) is 11.4. The smallest absolute Gasteiger partial charge is 0.268 e. The number of nitrogens with two attached hydrogens (primary N) is 1. The number of amides is 1. The van der Waals surface area contributed by atoms with Crippen molar-refractivity contribution in [2.24, 2.45) is 10.9 Å². The third-order valence-corrected chi connectivity index (χ3v) is 4.35. The van der Waals surface area contributed by atoms with E-state index >= 15 is 0 Å². The molecule has 0 unspecified atom stereocenters. The summed E-state index contributed by atoms with van der Waals surface area (Å²) in [6.45, 7) is 0. The van der Waals surface area contributed by atoms with Crippen LogP contribution in [0.15, 0.2) is 45.3 Å². The van der Waals surface area contributed by atoms with E-state index in [4.69, 9.17) is 10.9 Å². The monoisotopic (exact) mass is 353 g/mol. The lowest BCUT2D eigenvalue weighted by Gasteiger charge is -2.19. The molecule has 7 heteroatoms. The quantitative estimate of drug-likeness (QED) is 0.385. The van der Waals surface area contributed by atoms with Gasteiger partial charge in [0.05, 0.1) is 14.4 Å². The molecule has 0 aliphatic rings. The van der Waals surface area contributed by atoms with Crippen molar-refractivity contribution < 1.29 is 10.0 Å². The van der Waals surface area contributed by atoms with Gasteiger partial charge in [-0.2, -0.15) is 0 Å². The van der Waals surface area contributed by atoms with Crippen LogP contribution in [-0.4, -0.2) is 24.0 Å². The SMILES string of the molecule is CN(C(=O)c1ccc(Br)s1)c1ccccc1/C(N)=N/O. The maximum atomic E-state index is 12.4. The predicted octanol–water partition coefficient (Wildman–Crippen LogP) is 2.88. The molecule has 0 saturated carbocycles. The second kappa shape index (κ2) is 6.06. The van der Waals surface area contributed by atoms with Crippen LogP contribution in [0, 0.1) is 0 Å². The molecule has 5 nitrogen and oxygen atoms in total. The third-order valence-electron chi connectivity index (χ3n) is 2.74. The summed E-state index contributed by atoms with van der Waals surface area (Å²) < 4.78 is 0.888. The molecule has 104 valence electrons. The Balaban J connectivity index is 2.39. The fraction of sp³-hybridized carbons (Fsp3) is 0.0769. The number of oxime groups is 1. The maximum Gasteiger partial charge on any atom is 0.268 e. The highest BCUT2D eigenvalue weighted by molar-refractivity contribution is 9.11. The Labute approximate surface area is 128 Å². The molecule has 20 heavy (non-hydrogen) atoms.